The van der Waals surface area contributed by atoms with Crippen LogP contribution >= 0.6 is 0 Å². The minimum atomic E-state index is -1.81. The maximum absolute atomic E-state index is 12.2. The lowest BCUT2D eigenvalue weighted by atomic mass is 9.85. The summed E-state index contributed by atoms with van der Waals surface area (Å²) < 4.78 is 5.52. The first kappa shape index (κ1) is 14.8. The normalized spacial score (nSPS) is 32.1. The molecule has 0 spiro atoms. The van der Waals surface area contributed by atoms with Gasteiger partial charge in [-0.15, -0.1) is 0 Å². The fourth-order valence-electron chi connectivity index (χ4n) is 3.29. The minimum absolute atomic E-state index is 0.140. The molecule has 5 heteroatoms. The number of carbonyl (C=O) groups is 1. The average molecular weight is 271 g/mol. The summed E-state index contributed by atoms with van der Waals surface area (Å²) in [4.78, 5) is 14.6. The molecule has 4 atom stereocenters. The van der Waals surface area contributed by atoms with Crippen molar-refractivity contribution in [3.05, 3.63) is 0 Å². The Balaban J connectivity index is 2.04. The highest BCUT2D eigenvalue weighted by Gasteiger charge is 2.48. The van der Waals surface area contributed by atoms with Gasteiger partial charge >= 0.3 is 5.97 Å². The van der Waals surface area contributed by atoms with Gasteiger partial charge in [-0.3, -0.25) is 4.90 Å². The SMILES string of the molecule is CC(C)C(O)(C(=O)OC1CCN2CCCC12)C(C)O. The molecule has 2 aliphatic rings. The Morgan fingerprint density at radius 3 is 2.58 bits per heavy atom. The maximum Gasteiger partial charge on any atom is 0.341 e. The summed E-state index contributed by atoms with van der Waals surface area (Å²) in [7, 11) is 0. The molecule has 2 aliphatic heterocycles. The summed E-state index contributed by atoms with van der Waals surface area (Å²) in [6.45, 7) is 6.88. The Morgan fingerprint density at radius 1 is 1.32 bits per heavy atom. The van der Waals surface area contributed by atoms with Crippen LogP contribution in [0.3, 0.4) is 0 Å². The minimum Gasteiger partial charge on any atom is -0.458 e. The molecule has 2 fully saturated rings. The lowest BCUT2D eigenvalue weighted by Gasteiger charge is -2.34. The lowest BCUT2D eigenvalue weighted by Crippen LogP contribution is -2.54. The van der Waals surface area contributed by atoms with Crippen molar-refractivity contribution in [3.63, 3.8) is 0 Å². The van der Waals surface area contributed by atoms with Crippen molar-refractivity contribution < 1.29 is 19.7 Å². The molecule has 2 saturated heterocycles. The molecule has 2 rings (SSSR count). The smallest absolute Gasteiger partial charge is 0.341 e. The largest absolute Gasteiger partial charge is 0.458 e. The molecule has 0 aromatic heterocycles. The first-order valence-corrected chi connectivity index (χ1v) is 7.23. The molecule has 5 nitrogen and oxygen atoms in total. The Morgan fingerprint density at radius 2 is 2.00 bits per heavy atom. The number of ether oxygens (including phenoxy) is 1. The predicted octanol–water partition coefficient (Wildman–Crippen LogP) is 0.534. The molecule has 0 aromatic carbocycles. The number of fused-ring (bicyclic) bond motifs is 1. The molecule has 0 radical (unpaired) electrons. The molecule has 2 heterocycles. The van der Waals surface area contributed by atoms with Crippen LogP contribution < -0.4 is 0 Å². The van der Waals surface area contributed by atoms with Crippen LogP contribution in [0.2, 0.25) is 0 Å². The maximum atomic E-state index is 12.2. The quantitative estimate of drug-likeness (QED) is 0.730. The lowest BCUT2D eigenvalue weighted by molar-refractivity contribution is -0.190. The second kappa shape index (κ2) is 5.38. The number of carbonyl (C=O) groups excluding carboxylic acids is 1. The first-order chi connectivity index (χ1) is 8.87. The Kier molecular flexibility index (Phi) is 4.18. The first-order valence-electron chi connectivity index (χ1n) is 7.23. The molecule has 0 aliphatic carbocycles. The number of hydrogen-bond acceptors (Lipinski definition) is 5. The molecular formula is C14H25NO4. The van der Waals surface area contributed by atoms with Gasteiger partial charge in [0, 0.05) is 12.6 Å². The number of rotatable bonds is 4. The highest BCUT2D eigenvalue weighted by molar-refractivity contribution is 5.80. The second-order valence-corrected chi connectivity index (χ2v) is 6.13. The van der Waals surface area contributed by atoms with E-state index in [1.807, 2.05) is 0 Å². The topological polar surface area (TPSA) is 70.0 Å². The van der Waals surface area contributed by atoms with Gasteiger partial charge in [0.15, 0.2) is 5.60 Å². The number of aliphatic hydroxyl groups excluding tert-OH is 1. The van der Waals surface area contributed by atoms with Crippen molar-refractivity contribution >= 4 is 5.97 Å². The fourth-order valence-corrected chi connectivity index (χ4v) is 3.29. The van der Waals surface area contributed by atoms with Crippen molar-refractivity contribution in [2.24, 2.45) is 5.92 Å². The van der Waals surface area contributed by atoms with E-state index in [9.17, 15) is 15.0 Å². The molecule has 19 heavy (non-hydrogen) atoms. The summed E-state index contributed by atoms with van der Waals surface area (Å²) in [6, 6.07) is 0.300. The van der Waals surface area contributed by atoms with E-state index in [0.717, 1.165) is 32.4 Å². The van der Waals surface area contributed by atoms with Crippen molar-refractivity contribution in [1.29, 1.82) is 0 Å². The van der Waals surface area contributed by atoms with Gasteiger partial charge in [0.05, 0.1) is 6.10 Å². The number of nitrogens with zero attached hydrogens (tertiary/aromatic N) is 1. The van der Waals surface area contributed by atoms with Gasteiger partial charge < -0.3 is 14.9 Å². The summed E-state index contributed by atoms with van der Waals surface area (Å²) >= 11 is 0. The highest BCUT2D eigenvalue weighted by Crippen LogP contribution is 2.32. The Labute approximate surface area is 114 Å². The van der Waals surface area contributed by atoms with E-state index < -0.39 is 17.7 Å². The molecule has 0 saturated carbocycles. The van der Waals surface area contributed by atoms with Gasteiger partial charge in [0.1, 0.15) is 6.10 Å². The average Bonchev–Trinajstić information content (AvgIpc) is 2.92. The van der Waals surface area contributed by atoms with Gasteiger partial charge in [-0.05, 0) is 38.6 Å². The van der Waals surface area contributed by atoms with Gasteiger partial charge in [-0.2, -0.15) is 0 Å². The van der Waals surface area contributed by atoms with Gasteiger partial charge in [-0.1, -0.05) is 13.8 Å². The van der Waals surface area contributed by atoms with E-state index in [0.29, 0.717) is 6.04 Å². The third kappa shape index (κ3) is 2.51. The van der Waals surface area contributed by atoms with Crippen LogP contribution in [0.1, 0.15) is 40.0 Å². The van der Waals surface area contributed by atoms with Crippen molar-refractivity contribution in [2.45, 2.75) is 63.9 Å². The van der Waals surface area contributed by atoms with Crippen LogP contribution in [0, 0.1) is 5.92 Å². The number of esters is 1. The monoisotopic (exact) mass is 271 g/mol. The van der Waals surface area contributed by atoms with Gasteiger partial charge in [-0.25, -0.2) is 4.79 Å². The third-order valence-corrected chi connectivity index (χ3v) is 4.65. The molecule has 0 bridgehead atoms. The molecule has 0 aromatic rings. The second-order valence-electron chi connectivity index (χ2n) is 6.13. The summed E-state index contributed by atoms with van der Waals surface area (Å²) in [5.74, 6) is -1.07. The van der Waals surface area contributed by atoms with Crippen LogP contribution in [0.4, 0.5) is 0 Å². The zero-order valence-corrected chi connectivity index (χ0v) is 12.0. The standard InChI is InChI=1S/C14H25NO4/c1-9(2)14(18,10(3)16)13(17)19-12-6-8-15-7-4-5-11(12)15/h9-12,16,18H,4-8H2,1-3H3. The summed E-state index contributed by atoms with van der Waals surface area (Å²) in [6.07, 6.45) is 1.74. The van der Waals surface area contributed by atoms with Crippen LogP contribution in [-0.4, -0.2) is 58.0 Å². The van der Waals surface area contributed by atoms with E-state index in [1.165, 1.54) is 6.92 Å². The molecule has 2 N–H and O–H groups in total. The van der Waals surface area contributed by atoms with E-state index in [-0.39, 0.29) is 12.0 Å². The van der Waals surface area contributed by atoms with E-state index in [4.69, 9.17) is 4.74 Å². The van der Waals surface area contributed by atoms with E-state index in [1.54, 1.807) is 13.8 Å². The Hall–Kier alpha value is -0.650. The summed E-state index contributed by atoms with van der Waals surface area (Å²) in [5.41, 5.74) is -1.81. The van der Waals surface area contributed by atoms with Crippen molar-refractivity contribution in [2.75, 3.05) is 13.1 Å². The molecular weight excluding hydrogens is 246 g/mol. The van der Waals surface area contributed by atoms with Gasteiger partial charge in [0.25, 0.3) is 0 Å². The van der Waals surface area contributed by atoms with Crippen LogP contribution in [0.15, 0.2) is 0 Å². The number of hydrogen-bond donors (Lipinski definition) is 2. The zero-order chi connectivity index (χ0) is 14.2. The predicted molar refractivity (Wildman–Crippen MR) is 70.6 cm³/mol. The third-order valence-electron chi connectivity index (χ3n) is 4.65. The van der Waals surface area contributed by atoms with Crippen LogP contribution in [-0.2, 0) is 9.53 Å². The fraction of sp³-hybridized carbons (Fsp3) is 0.929. The number of aliphatic hydroxyl groups is 2. The van der Waals surface area contributed by atoms with Crippen molar-refractivity contribution in [3.8, 4) is 0 Å². The van der Waals surface area contributed by atoms with Crippen LogP contribution in [0.25, 0.3) is 0 Å². The molecule has 0 amide bonds. The Bertz CT molecular complexity index is 334. The van der Waals surface area contributed by atoms with Gasteiger partial charge in [0.2, 0.25) is 0 Å². The van der Waals surface area contributed by atoms with E-state index in [2.05, 4.69) is 4.90 Å². The van der Waals surface area contributed by atoms with Crippen LogP contribution in [0.5, 0.6) is 0 Å². The zero-order valence-electron chi connectivity index (χ0n) is 12.0. The van der Waals surface area contributed by atoms with E-state index >= 15 is 0 Å². The summed E-state index contributed by atoms with van der Waals surface area (Å²) in [5, 5.41) is 20.1. The molecule has 110 valence electrons. The highest BCUT2D eigenvalue weighted by atomic mass is 16.6. The molecule has 4 unspecified atom stereocenters. The van der Waals surface area contributed by atoms with Crippen molar-refractivity contribution in [1.82, 2.24) is 4.90 Å².